The van der Waals surface area contributed by atoms with E-state index in [1.807, 2.05) is 19.9 Å². The number of hydrogen-bond donors (Lipinski definition) is 1. The molecule has 0 saturated carbocycles. The Labute approximate surface area is 190 Å². The summed E-state index contributed by atoms with van der Waals surface area (Å²) in [7, 11) is -2.08. The summed E-state index contributed by atoms with van der Waals surface area (Å²) < 4.78 is 26.9. The lowest BCUT2D eigenvalue weighted by Crippen LogP contribution is -2.41. The molecule has 1 saturated heterocycles. The third-order valence-electron chi connectivity index (χ3n) is 6.09. The molecule has 2 aromatic rings. The molecule has 31 heavy (non-hydrogen) atoms. The Morgan fingerprint density at radius 3 is 2.55 bits per heavy atom. The topological polar surface area (TPSA) is 69.7 Å². The lowest BCUT2D eigenvalue weighted by molar-refractivity contribution is 0.0914. The van der Waals surface area contributed by atoms with Gasteiger partial charge >= 0.3 is 0 Å². The van der Waals surface area contributed by atoms with Crippen molar-refractivity contribution in [1.82, 2.24) is 14.5 Å². The van der Waals surface area contributed by atoms with Crippen molar-refractivity contribution in [3.05, 3.63) is 52.2 Å². The molecular weight excluding hydrogens is 430 g/mol. The number of piperidine rings is 1. The highest BCUT2D eigenvalue weighted by molar-refractivity contribution is 7.89. The Morgan fingerprint density at radius 1 is 1.23 bits per heavy atom. The van der Waals surface area contributed by atoms with Crippen LogP contribution in [0.15, 0.2) is 46.7 Å². The van der Waals surface area contributed by atoms with Gasteiger partial charge in [0.05, 0.1) is 10.9 Å². The normalized spacial score (nSPS) is 17.2. The number of nitrogens with zero attached hydrogens (tertiary/aromatic N) is 2. The van der Waals surface area contributed by atoms with Gasteiger partial charge < -0.3 is 5.32 Å². The van der Waals surface area contributed by atoms with Crippen molar-refractivity contribution >= 4 is 27.3 Å². The maximum Gasteiger partial charge on any atom is 0.251 e. The van der Waals surface area contributed by atoms with Crippen LogP contribution in [-0.2, 0) is 10.0 Å². The molecular formula is C23H33N3O3S2. The molecule has 1 aliphatic heterocycles. The van der Waals surface area contributed by atoms with E-state index in [1.54, 1.807) is 30.5 Å². The number of benzene rings is 1. The highest BCUT2D eigenvalue weighted by atomic mass is 32.2. The molecule has 170 valence electrons. The van der Waals surface area contributed by atoms with Gasteiger partial charge in [0.2, 0.25) is 10.0 Å². The van der Waals surface area contributed by atoms with E-state index in [4.69, 9.17) is 0 Å². The molecule has 6 nitrogen and oxygen atoms in total. The summed E-state index contributed by atoms with van der Waals surface area (Å²) in [6, 6.07) is 10.4. The second-order valence-electron chi connectivity index (χ2n) is 8.60. The molecule has 0 spiro atoms. The highest BCUT2D eigenvalue weighted by Crippen LogP contribution is 2.29. The van der Waals surface area contributed by atoms with Crippen molar-refractivity contribution in [2.45, 2.75) is 50.6 Å². The van der Waals surface area contributed by atoms with Gasteiger partial charge in [0.25, 0.3) is 5.91 Å². The van der Waals surface area contributed by atoms with E-state index in [0.717, 1.165) is 19.0 Å². The zero-order valence-electron chi connectivity index (χ0n) is 18.7. The largest absolute Gasteiger partial charge is 0.350 e. The van der Waals surface area contributed by atoms with E-state index in [1.165, 1.54) is 34.2 Å². The highest BCUT2D eigenvalue weighted by Gasteiger charge is 2.27. The first-order valence-corrected chi connectivity index (χ1v) is 13.2. The second-order valence-corrected chi connectivity index (χ2v) is 11.6. The maximum absolute atomic E-state index is 12.9. The molecule has 0 radical (unpaired) electrons. The number of carbonyl (C=O) groups excluding carboxylic acids is 1. The lowest BCUT2D eigenvalue weighted by Gasteiger charge is -2.36. The minimum atomic E-state index is -3.64. The Bertz CT molecular complexity index is 966. The third-order valence-corrected chi connectivity index (χ3v) is 9.09. The Hall–Kier alpha value is -1.74. The van der Waals surface area contributed by atoms with Crippen molar-refractivity contribution < 1.29 is 13.2 Å². The molecule has 1 aromatic carbocycles. The first-order chi connectivity index (χ1) is 14.7. The van der Waals surface area contributed by atoms with Crippen LogP contribution in [-0.4, -0.2) is 56.3 Å². The number of rotatable bonds is 8. The van der Waals surface area contributed by atoms with Crippen LogP contribution in [0.5, 0.6) is 0 Å². The molecule has 1 unspecified atom stereocenters. The molecule has 1 aliphatic rings. The minimum absolute atomic E-state index is 0.135. The van der Waals surface area contributed by atoms with Gasteiger partial charge in [-0.15, -0.1) is 11.3 Å². The molecule has 0 bridgehead atoms. The number of hydrogen-bond acceptors (Lipinski definition) is 5. The third kappa shape index (κ3) is 5.74. The van der Waals surface area contributed by atoms with Gasteiger partial charge in [-0.25, -0.2) is 8.42 Å². The van der Waals surface area contributed by atoms with Crippen LogP contribution in [0.1, 0.15) is 54.9 Å². The van der Waals surface area contributed by atoms with Crippen LogP contribution >= 0.6 is 11.3 Å². The van der Waals surface area contributed by atoms with Crippen LogP contribution in [0.3, 0.4) is 0 Å². The van der Waals surface area contributed by atoms with E-state index in [-0.39, 0.29) is 22.9 Å². The SMILES string of the molecule is CC1CCN(C(CNC(=O)c2cccc(S(=O)(=O)N(C)C(C)C)c2)c2cccs2)CC1. The Morgan fingerprint density at radius 2 is 1.94 bits per heavy atom. The first-order valence-electron chi connectivity index (χ1n) is 10.8. The van der Waals surface area contributed by atoms with Crippen LogP contribution in [0.4, 0.5) is 0 Å². The fourth-order valence-electron chi connectivity index (χ4n) is 3.76. The number of likely N-dealkylation sites (tertiary alicyclic amines) is 1. The van der Waals surface area contributed by atoms with E-state index >= 15 is 0 Å². The van der Waals surface area contributed by atoms with Crippen LogP contribution in [0.2, 0.25) is 0 Å². The lowest BCUT2D eigenvalue weighted by atomic mass is 9.97. The number of amides is 1. The molecule has 2 heterocycles. The fourth-order valence-corrected chi connectivity index (χ4v) is 6.04. The average Bonchev–Trinajstić information content (AvgIpc) is 3.29. The zero-order valence-corrected chi connectivity index (χ0v) is 20.4. The van der Waals surface area contributed by atoms with Gasteiger partial charge in [0.15, 0.2) is 0 Å². The van der Waals surface area contributed by atoms with Gasteiger partial charge in [-0.2, -0.15) is 4.31 Å². The molecule has 0 aliphatic carbocycles. The minimum Gasteiger partial charge on any atom is -0.350 e. The summed E-state index contributed by atoms with van der Waals surface area (Å²) in [5, 5.41) is 5.11. The summed E-state index contributed by atoms with van der Waals surface area (Å²) >= 11 is 1.71. The molecule has 1 aromatic heterocycles. The van der Waals surface area contributed by atoms with Crippen LogP contribution < -0.4 is 5.32 Å². The monoisotopic (exact) mass is 463 g/mol. The number of sulfonamides is 1. The molecule has 1 amide bonds. The number of thiophene rings is 1. The summed E-state index contributed by atoms with van der Waals surface area (Å²) in [5.74, 6) is 0.486. The predicted octanol–water partition coefficient (Wildman–Crippen LogP) is 3.98. The Kier molecular flexibility index (Phi) is 7.91. The first kappa shape index (κ1) is 23.9. The molecule has 3 rings (SSSR count). The van der Waals surface area contributed by atoms with Gasteiger partial charge in [0.1, 0.15) is 0 Å². The Balaban J connectivity index is 1.73. The number of nitrogens with one attached hydrogen (secondary N) is 1. The van der Waals surface area contributed by atoms with Gasteiger partial charge in [-0.1, -0.05) is 19.1 Å². The maximum atomic E-state index is 12.9. The summed E-state index contributed by atoms with van der Waals surface area (Å²) in [6.07, 6.45) is 2.33. The van der Waals surface area contributed by atoms with Crippen molar-refractivity contribution in [2.24, 2.45) is 5.92 Å². The zero-order chi connectivity index (χ0) is 22.6. The van der Waals surface area contributed by atoms with Crippen LogP contribution in [0, 0.1) is 5.92 Å². The molecule has 1 fully saturated rings. The van der Waals surface area contributed by atoms with Gasteiger partial charge in [-0.05, 0) is 75.3 Å². The smallest absolute Gasteiger partial charge is 0.251 e. The van der Waals surface area contributed by atoms with Crippen molar-refractivity contribution in [3.63, 3.8) is 0 Å². The van der Waals surface area contributed by atoms with Crippen molar-refractivity contribution in [3.8, 4) is 0 Å². The fraction of sp³-hybridized carbons (Fsp3) is 0.522. The van der Waals surface area contributed by atoms with Crippen molar-refractivity contribution in [2.75, 3.05) is 26.7 Å². The van der Waals surface area contributed by atoms with E-state index < -0.39 is 10.0 Å². The van der Waals surface area contributed by atoms with Gasteiger partial charge in [0, 0.05) is 30.1 Å². The quantitative estimate of drug-likeness (QED) is 0.643. The summed E-state index contributed by atoms with van der Waals surface area (Å²) in [5.41, 5.74) is 0.357. The number of carbonyl (C=O) groups is 1. The average molecular weight is 464 g/mol. The predicted molar refractivity (Wildman–Crippen MR) is 126 cm³/mol. The summed E-state index contributed by atoms with van der Waals surface area (Å²) in [4.78, 5) is 16.7. The molecule has 8 heteroatoms. The summed E-state index contributed by atoms with van der Waals surface area (Å²) in [6.45, 7) is 8.47. The van der Waals surface area contributed by atoms with Gasteiger partial charge in [-0.3, -0.25) is 9.69 Å². The van der Waals surface area contributed by atoms with E-state index in [0.29, 0.717) is 12.1 Å². The van der Waals surface area contributed by atoms with Crippen molar-refractivity contribution in [1.29, 1.82) is 0 Å². The molecule has 1 atom stereocenters. The standard InChI is InChI=1S/C23H33N3O3S2/c1-17(2)25(4)31(28,29)20-8-5-7-19(15-20)23(27)24-16-21(22-9-6-14-30-22)26-12-10-18(3)11-13-26/h5-9,14-15,17-18,21H,10-13,16H2,1-4H3,(H,24,27). The molecule has 1 N–H and O–H groups in total. The van der Waals surface area contributed by atoms with Crippen LogP contribution in [0.25, 0.3) is 0 Å². The second kappa shape index (κ2) is 10.3. The van der Waals surface area contributed by atoms with E-state index in [9.17, 15) is 13.2 Å². The van der Waals surface area contributed by atoms with E-state index in [2.05, 4.69) is 28.6 Å².